The highest BCUT2D eigenvalue weighted by atomic mass is 19.4. The summed E-state index contributed by atoms with van der Waals surface area (Å²) in [6.45, 7) is 4.93. The predicted molar refractivity (Wildman–Crippen MR) is 112 cm³/mol. The molecule has 0 spiro atoms. The number of carbonyl (C=O) groups is 1. The van der Waals surface area contributed by atoms with Crippen LogP contribution in [-0.2, 0) is 20.4 Å². The molecule has 0 atom stereocenters. The number of hydrogen-bond donors (Lipinski definition) is 1. The Labute approximate surface area is 184 Å². The van der Waals surface area contributed by atoms with Crippen LogP contribution >= 0.6 is 0 Å². The lowest BCUT2D eigenvalue weighted by Crippen LogP contribution is -2.45. The van der Waals surface area contributed by atoms with E-state index in [9.17, 15) is 18.0 Å². The maximum atomic E-state index is 13.5. The van der Waals surface area contributed by atoms with Crippen LogP contribution in [0, 0.1) is 5.41 Å². The first kappa shape index (κ1) is 23.9. The molecule has 1 N–H and O–H groups in total. The molecule has 0 aliphatic carbocycles. The van der Waals surface area contributed by atoms with Crippen molar-refractivity contribution < 1.29 is 36.9 Å². The van der Waals surface area contributed by atoms with Crippen LogP contribution in [0.4, 0.5) is 18.9 Å². The quantitative estimate of drug-likeness (QED) is 0.652. The summed E-state index contributed by atoms with van der Waals surface area (Å²) in [6, 6.07) is 10.6. The molecule has 1 heterocycles. The molecule has 0 unspecified atom stereocenters. The van der Waals surface area contributed by atoms with Gasteiger partial charge in [0.05, 0.1) is 37.4 Å². The number of nitrogens with one attached hydrogen (secondary N) is 1. The van der Waals surface area contributed by atoms with E-state index in [4.69, 9.17) is 18.9 Å². The molecule has 0 saturated carbocycles. The van der Waals surface area contributed by atoms with Gasteiger partial charge in [0.1, 0.15) is 11.5 Å². The minimum absolute atomic E-state index is 0.00603. The topological polar surface area (TPSA) is 66.0 Å². The SMILES string of the molecule is COc1ccccc1C1OCC(C)(C(=O)Nc2ccc(OC(C)C)c(C(F)(F)F)c2)CO1. The Kier molecular flexibility index (Phi) is 7.00. The molecule has 1 saturated heterocycles. The summed E-state index contributed by atoms with van der Waals surface area (Å²) in [6.07, 6.45) is -5.77. The summed E-state index contributed by atoms with van der Waals surface area (Å²) < 4.78 is 62.5. The van der Waals surface area contributed by atoms with Gasteiger partial charge in [-0.05, 0) is 45.0 Å². The molecule has 6 nitrogen and oxygen atoms in total. The number of hydrogen-bond acceptors (Lipinski definition) is 5. The second kappa shape index (κ2) is 9.38. The number of methoxy groups -OCH3 is 1. The second-order valence-corrected chi connectivity index (χ2v) is 8.09. The zero-order valence-corrected chi connectivity index (χ0v) is 18.3. The number of carbonyl (C=O) groups excluding carboxylic acids is 1. The highest BCUT2D eigenvalue weighted by Gasteiger charge is 2.41. The summed E-state index contributed by atoms with van der Waals surface area (Å²) in [4.78, 5) is 12.9. The van der Waals surface area contributed by atoms with E-state index in [-0.39, 0.29) is 24.7 Å². The minimum atomic E-state index is -4.63. The first-order valence-electron chi connectivity index (χ1n) is 10.1. The summed E-state index contributed by atoms with van der Waals surface area (Å²) in [5.74, 6) is -0.212. The molecule has 1 amide bonds. The van der Waals surface area contributed by atoms with Crippen LogP contribution in [0.5, 0.6) is 11.5 Å². The zero-order chi connectivity index (χ0) is 23.5. The molecule has 3 rings (SSSR count). The monoisotopic (exact) mass is 453 g/mol. The predicted octanol–water partition coefficient (Wildman–Crippen LogP) is 5.19. The molecule has 32 heavy (non-hydrogen) atoms. The third kappa shape index (κ3) is 5.34. The first-order chi connectivity index (χ1) is 15.0. The van der Waals surface area contributed by atoms with Crippen molar-refractivity contribution in [2.45, 2.75) is 39.3 Å². The second-order valence-electron chi connectivity index (χ2n) is 8.09. The van der Waals surface area contributed by atoms with Gasteiger partial charge >= 0.3 is 6.18 Å². The maximum absolute atomic E-state index is 13.5. The van der Waals surface area contributed by atoms with Crippen LogP contribution in [0.1, 0.15) is 38.2 Å². The Hall–Kier alpha value is -2.78. The lowest BCUT2D eigenvalue weighted by atomic mass is 9.90. The van der Waals surface area contributed by atoms with Gasteiger partial charge in [0.2, 0.25) is 5.91 Å². The van der Waals surface area contributed by atoms with Gasteiger partial charge in [-0.3, -0.25) is 4.79 Å². The number of rotatable bonds is 6. The van der Waals surface area contributed by atoms with E-state index in [1.807, 2.05) is 12.1 Å². The molecule has 174 valence electrons. The third-order valence-electron chi connectivity index (χ3n) is 4.95. The molecule has 1 fully saturated rings. The minimum Gasteiger partial charge on any atom is -0.496 e. The molecule has 0 aromatic heterocycles. The van der Waals surface area contributed by atoms with Crippen molar-refractivity contribution in [1.82, 2.24) is 0 Å². The number of halogens is 3. The lowest BCUT2D eigenvalue weighted by Gasteiger charge is -2.36. The van der Waals surface area contributed by atoms with Gasteiger partial charge in [0.25, 0.3) is 0 Å². The third-order valence-corrected chi connectivity index (χ3v) is 4.95. The highest BCUT2D eigenvalue weighted by Crippen LogP contribution is 2.39. The fourth-order valence-corrected chi connectivity index (χ4v) is 3.25. The van der Waals surface area contributed by atoms with Crippen LogP contribution in [0.25, 0.3) is 0 Å². The van der Waals surface area contributed by atoms with Gasteiger partial charge in [0.15, 0.2) is 6.29 Å². The smallest absolute Gasteiger partial charge is 0.420 e. The van der Waals surface area contributed by atoms with Gasteiger partial charge in [0, 0.05) is 11.3 Å². The Morgan fingerprint density at radius 1 is 1.12 bits per heavy atom. The van der Waals surface area contributed by atoms with Crippen LogP contribution in [-0.4, -0.2) is 32.3 Å². The Balaban J connectivity index is 1.72. The van der Waals surface area contributed by atoms with Gasteiger partial charge in [-0.1, -0.05) is 18.2 Å². The van der Waals surface area contributed by atoms with E-state index in [1.54, 1.807) is 32.9 Å². The molecule has 9 heteroatoms. The van der Waals surface area contributed by atoms with Crippen LogP contribution < -0.4 is 14.8 Å². The van der Waals surface area contributed by atoms with E-state index in [2.05, 4.69) is 5.32 Å². The number of alkyl halides is 3. The van der Waals surface area contributed by atoms with Crippen molar-refractivity contribution in [3.05, 3.63) is 53.6 Å². The van der Waals surface area contributed by atoms with E-state index in [0.717, 1.165) is 6.07 Å². The Morgan fingerprint density at radius 3 is 2.38 bits per heavy atom. The molecular formula is C23H26F3NO5. The van der Waals surface area contributed by atoms with E-state index < -0.39 is 35.5 Å². The highest BCUT2D eigenvalue weighted by molar-refractivity contribution is 5.95. The number of benzene rings is 2. The van der Waals surface area contributed by atoms with Gasteiger partial charge in [-0.2, -0.15) is 13.2 Å². The molecular weight excluding hydrogens is 427 g/mol. The fraction of sp³-hybridized carbons (Fsp3) is 0.435. The summed E-state index contributed by atoms with van der Waals surface area (Å²) in [5, 5.41) is 2.54. The molecule has 1 aliphatic rings. The molecule has 0 radical (unpaired) electrons. The standard InChI is InChI=1S/C23H26F3NO5/c1-14(2)32-19-10-9-15(11-17(19)23(24,25)26)27-21(28)22(3)12-30-20(31-13-22)16-7-5-6-8-18(16)29-4/h5-11,14,20H,12-13H2,1-4H3,(H,27,28). The maximum Gasteiger partial charge on any atom is 0.420 e. The Bertz CT molecular complexity index is 953. The molecule has 2 aromatic rings. The molecule has 1 aliphatic heterocycles. The van der Waals surface area contributed by atoms with E-state index in [1.165, 1.54) is 19.2 Å². The number of anilines is 1. The first-order valence-corrected chi connectivity index (χ1v) is 10.1. The van der Waals surface area contributed by atoms with Crippen molar-refractivity contribution in [2.75, 3.05) is 25.6 Å². The van der Waals surface area contributed by atoms with E-state index >= 15 is 0 Å². The van der Waals surface area contributed by atoms with Crippen LogP contribution in [0.3, 0.4) is 0 Å². The van der Waals surface area contributed by atoms with Gasteiger partial charge in [-0.15, -0.1) is 0 Å². The number of amides is 1. The molecule has 2 aromatic carbocycles. The van der Waals surface area contributed by atoms with Crippen molar-refractivity contribution in [3.63, 3.8) is 0 Å². The number of para-hydroxylation sites is 1. The number of ether oxygens (including phenoxy) is 4. The van der Waals surface area contributed by atoms with Crippen molar-refractivity contribution >= 4 is 11.6 Å². The lowest BCUT2D eigenvalue weighted by molar-refractivity contribution is -0.226. The molecule has 0 bridgehead atoms. The largest absolute Gasteiger partial charge is 0.496 e. The summed E-state index contributed by atoms with van der Waals surface area (Å²) in [5.41, 5.74) is -1.36. The average molecular weight is 453 g/mol. The van der Waals surface area contributed by atoms with Gasteiger partial charge in [-0.25, -0.2) is 0 Å². The average Bonchev–Trinajstić information content (AvgIpc) is 2.74. The van der Waals surface area contributed by atoms with Crippen molar-refractivity contribution in [1.29, 1.82) is 0 Å². The van der Waals surface area contributed by atoms with E-state index in [0.29, 0.717) is 11.3 Å². The van der Waals surface area contributed by atoms with Gasteiger partial charge < -0.3 is 24.3 Å². The summed E-state index contributed by atoms with van der Waals surface area (Å²) >= 11 is 0. The fourth-order valence-electron chi connectivity index (χ4n) is 3.25. The van der Waals surface area contributed by atoms with Crippen molar-refractivity contribution in [2.24, 2.45) is 5.41 Å². The Morgan fingerprint density at radius 2 is 1.78 bits per heavy atom. The van der Waals surface area contributed by atoms with Crippen LogP contribution in [0.2, 0.25) is 0 Å². The van der Waals surface area contributed by atoms with Crippen LogP contribution in [0.15, 0.2) is 42.5 Å². The normalized spacial score (nSPS) is 21.3. The zero-order valence-electron chi connectivity index (χ0n) is 18.3. The van der Waals surface area contributed by atoms with Crippen molar-refractivity contribution in [3.8, 4) is 11.5 Å². The summed E-state index contributed by atoms with van der Waals surface area (Å²) in [7, 11) is 1.53.